The van der Waals surface area contributed by atoms with Crippen LogP contribution >= 0.6 is 0 Å². The zero-order chi connectivity index (χ0) is 9.28. The maximum atomic E-state index is 12.5. The highest BCUT2D eigenvalue weighted by Gasteiger charge is 2.49. The lowest BCUT2D eigenvalue weighted by atomic mass is 9.99. The van der Waals surface area contributed by atoms with Gasteiger partial charge in [-0.15, -0.1) is 0 Å². The third-order valence-corrected chi connectivity index (χ3v) is 1.57. The first-order chi connectivity index (χ1) is 4.72. The van der Waals surface area contributed by atoms with Gasteiger partial charge in [0.1, 0.15) is 0 Å². The van der Waals surface area contributed by atoms with Crippen molar-refractivity contribution in [2.24, 2.45) is 0 Å². The smallest absolute Gasteiger partial charge is 0.312 e. The standard InChI is InChI=1S/C6H11F4N/c1-5(2,11-3)4(7)6(8,9)10/h4,11H,1-3H3. The van der Waals surface area contributed by atoms with E-state index in [0.717, 1.165) is 13.8 Å². The van der Waals surface area contributed by atoms with Crippen molar-refractivity contribution < 1.29 is 17.6 Å². The SMILES string of the molecule is CNC(C)(C)C(F)C(F)(F)F. The fraction of sp³-hybridized carbons (Fsp3) is 1.00. The predicted octanol–water partition coefficient (Wildman–Crippen LogP) is 1.88. The first-order valence-corrected chi connectivity index (χ1v) is 3.11. The molecule has 0 heterocycles. The summed E-state index contributed by atoms with van der Waals surface area (Å²) in [4.78, 5) is 0. The minimum atomic E-state index is -4.79. The Morgan fingerprint density at radius 2 is 1.55 bits per heavy atom. The predicted molar refractivity (Wildman–Crippen MR) is 34.1 cm³/mol. The Bertz CT molecular complexity index is 129. The van der Waals surface area contributed by atoms with E-state index in [-0.39, 0.29) is 0 Å². The maximum Gasteiger partial charge on any atom is 0.421 e. The van der Waals surface area contributed by atoms with Crippen molar-refractivity contribution in [3.63, 3.8) is 0 Å². The molecule has 0 amide bonds. The molecule has 5 heteroatoms. The van der Waals surface area contributed by atoms with Gasteiger partial charge < -0.3 is 5.32 Å². The average Bonchev–Trinajstić information content (AvgIpc) is 1.84. The van der Waals surface area contributed by atoms with Gasteiger partial charge in [-0.3, -0.25) is 0 Å². The van der Waals surface area contributed by atoms with Crippen LogP contribution in [-0.2, 0) is 0 Å². The van der Waals surface area contributed by atoms with E-state index in [2.05, 4.69) is 5.32 Å². The third-order valence-electron chi connectivity index (χ3n) is 1.57. The van der Waals surface area contributed by atoms with Gasteiger partial charge in [-0.2, -0.15) is 13.2 Å². The van der Waals surface area contributed by atoms with E-state index < -0.39 is 17.9 Å². The van der Waals surface area contributed by atoms with Gasteiger partial charge in [-0.25, -0.2) is 4.39 Å². The number of hydrogen-bond acceptors (Lipinski definition) is 1. The monoisotopic (exact) mass is 173 g/mol. The second kappa shape index (κ2) is 2.97. The molecule has 0 aromatic carbocycles. The zero-order valence-corrected chi connectivity index (χ0v) is 6.59. The number of halogens is 4. The molecular weight excluding hydrogens is 162 g/mol. The molecule has 0 fully saturated rings. The lowest BCUT2D eigenvalue weighted by Crippen LogP contribution is -2.52. The summed E-state index contributed by atoms with van der Waals surface area (Å²) in [7, 11) is 1.29. The van der Waals surface area contributed by atoms with Crippen molar-refractivity contribution in [3.8, 4) is 0 Å². The first kappa shape index (κ1) is 10.7. The molecule has 0 aliphatic carbocycles. The highest BCUT2D eigenvalue weighted by Crippen LogP contribution is 2.30. The first-order valence-electron chi connectivity index (χ1n) is 3.11. The van der Waals surface area contributed by atoms with Crippen LogP contribution in [0.15, 0.2) is 0 Å². The van der Waals surface area contributed by atoms with Crippen LogP contribution in [0.2, 0.25) is 0 Å². The fourth-order valence-electron chi connectivity index (χ4n) is 0.536. The molecule has 0 saturated heterocycles. The number of nitrogens with one attached hydrogen (secondary N) is 1. The van der Waals surface area contributed by atoms with Crippen molar-refractivity contribution in [2.75, 3.05) is 7.05 Å². The van der Waals surface area contributed by atoms with E-state index in [1.54, 1.807) is 0 Å². The molecule has 68 valence electrons. The molecule has 0 saturated carbocycles. The molecule has 0 aromatic heterocycles. The van der Waals surface area contributed by atoms with Gasteiger partial charge in [-0.1, -0.05) is 0 Å². The lowest BCUT2D eigenvalue weighted by Gasteiger charge is -2.29. The summed E-state index contributed by atoms with van der Waals surface area (Å²) in [6.45, 7) is 2.32. The molecule has 1 N–H and O–H groups in total. The van der Waals surface area contributed by atoms with Crippen molar-refractivity contribution in [1.29, 1.82) is 0 Å². The number of hydrogen-bond donors (Lipinski definition) is 1. The van der Waals surface area contributed by atoms with Crippen LogP contribution < -0.4 is 5.32 Å². The van der Waals surface area contributed by atoms with Crippen LogP contribution in [0.3, 0.4) is 0 Å². The Labute approximate surface area is 62.8 Å². The van der Waals surface area contributed by atoms with Crippen LogP contribution in [0.4, 0.5) is 17.6 Å². The van der Waals surface area contributed by atoms with Gasteiger partial charge >= 0.3 is 6.18 Å². The van der Waals surface area contributed by atoms with Gasteiger partial charge in [0.15, 0.2) is 0 Å². The minimum Gasteiger partial charge on any atom is -0.312 e. The van der Waals surface area contributed by atoms with Crippen molar-refractivity contribution in [3.05, 3.63) is 0 Å². The Morgan fingerprint density at radius 1 is 1.18 bits per heavy atom. The molecule has 0 rings (SSSR count). The van der Waals surface area contributed by atoms with E-state index in [0.29, 0.717) is 0 Å². The van der Waals surface area contributed by atoms with Gasteiger partial charge in [0.05, 0.1) is 5.54 Å². The average molecular weight is 173 g/mol. The van der Waals surface area contributed by atoms with Crippen LogP contribution in [-0.4, -0.2) is 24.9 Å². The number of rotatable bonds is 2. The molecule has 0 aromatic rings. The molecule has 11 heavy (non-hydrogen) atoms. The summed E-state index contributed by atoms with van der Waals surface area (Å²) in [5.74, 6) is 0. The van der Waals surface area contributed by atoms with E-state index in [9.17, 15) is 17.6 Å². The van der Waals surface area contributed by atoms with Crippen molar-refractivity contribution in [2.45, 2.75) is 31.7 Å². The summed E-state index contributed by atoms with van der Waals surface area (Å²) in [5.41, 5.74) is -1.56. The Morgan fingerprint density at radius 3 is 1.64 bits per heavy atom. The van der Waals surface area contributed by atoms with E-state index >= 15 is 0 Å². The number of alkyl halides is 4. The summed E-state index contributed by atoms with van der Waals surface area (Å²) < 4.78 is 47.7. The highest BCUT2D eigenvalue weighted by atomic mass is 19.4. The summed E-state index contributed by atoms with van der Waals surface area (Å²) in [6, 6.07) is 0. The van der Waals surface area contributed by atoms with E-state index in [1.807, 2.05) is 0 Å². The maximum absolute atomic E-state index is 12.5. The Balaban J connectivity index is 4.35. The molecule has 1 nitrogen and oxygen atoms in total. The zero-order valence-electron chi connectivity index (χ0n) is 6.59. The topological polar surface area (TPSA) is 12.0 Å². The normalized spacial score (nSPS) is 16.6. The lowest BCUT2D eigenvalue weighted by molar-refractivity contribution is -0.197. The molecular formula is C6H11F4N. The summed E-state index contributed by atoms with van der Waals surface area (Å²) in [6.07, 6.45) is -7.62. The molecule has 0 spiro atoms. The molecule has 0 aliphatic rings. The second-order valence-corrected chi connectivity index (χ2v) is 2.88. The minimum absolute atomic E-state index is 1.16. The van der Waals surface area contributed by atoms with Crippen molar-refractivity contribution in [1.82, 2.24) is 5.32 Å². The Hall–Kier alpha value is -0.320. The van der Waals surface area contributed by atoms with Gasteiger partial charge in [0, 0.05) is 0 Å². The molecule has 0 aliphatic heterocycles. The van der Waals surface area contributed by atoms with Gasteiger partial charge in [0.2, 0.25) is 6.17 Å². The van der Waals surface area contributed by atoms with Gasteiger partial charge in [-0.05, 0) is 20.9 Å². The van der Waals surface area contributed by atoms with E-state index in [1.165, 1.54) is 7.05 Å². The highest BCUT2D eigenvalue weighted by molar-refractivity contribution is 4.89. The Kier molecular flexibility index (Phi) is 2.88. The summed E-state index contributed by atoms with van der Waals surface area (Å²) in [5, 5.41) is 2.25. The second-order valence-electron chi connectivity index (χ2n) is 2.88. The molecule has 1 unspecified atom stereocenters. The van der Waals surface area contributed by atoms with E-state index in [4.69, 9.17) is 0 Å². The van der Waals surface area contributed by atoms with Crippen molar-refractivity contribution >= 4 is 0 Å². The van der Waals surface area contributed by atoms with Gasteiger partial charge in [0.25, 0.3) is 0 Å². The van der Waals surface area contributed by atoms with Crippen LogP contribution in [0.5, 0.6) is 0 Å². The fourth-order valence-corrected chi connectivity index (χ4v) is 0.536. The quantitative estimate of drug-likeness (QED) is 0.629. The molecule has 1 atom stereocenters. The largest absolute Gasteiger partial charge is 0.421 e. The van der Waals surface area contributed by atoms with Crippen LogP contribution in [0, 0.1) is 0 Å². The molecule has 0 radical (unpaired) electrons. The third kappa shape index (κ3) is 2.65. The van der Waals surface area contributed by atoms with Crippen LogP contribution in [0.1, 0.15) is 13.8 Å². The summed E-state index contributed by atoms with van der Waals surface area (Å²) >= 11 is 0. The molecule has 0 bridgehead atoms. The van der Waals surface area contributed by atoms with Crippen LogP contribution in [0.25, 0.3) is 0 Å².